The lowest BCUT2D eigenvalue weighted by Gasteiger charge is -2.32. The molecule has 1 aliphatic carbocycles. The molecule has 3 unspecified atom stereocenters. The van der Waals surface area contributed by atoms with Crippen molar-refractivity contribution in [2.75, 3.05) is 5.32 Å². The first-order valence-electron chi connectivity index (χ1n) is 6.94. The van der Waals surface area contributed by atoms with Gasteiger partial charge in [0.15, 0.2) is 5.13 Å². The van der Waals surface area contributed by atoms with E-state index in [1.807, 2.05) is 0 Å². The van der Waals surface area contributed by atoms with Crippen LogP contribution in [-0.2, 0) is 0 Å². The largest absolute Gasteiger partial charge is 0.358 e. The molecule has 1 heterocycles. The number of anilines is 1. The molecule has 0 aliphatic heterocycles. The topological polar surface area (TPSA) is 24.9 Å². The second-order valence-electron chi connectivity index (χ2n) is 5.78. The Morgan fingerprint density at radius 1 is 1.32 bits per heavy atom. The number of halogens is 1. The van der Waals surface area contributed by atoms with Gasteiger partial charge in [-0.15, -0.1) is 0 Å². The normalized spacial score (nSPS) is 27.6. The van der Waals surface area contributed by atoms with Crippen molar-refractivity contribution in [1.82, 2.24) is 4.98 Å². The minimum atomic E-state index is -0.218. The van der Waals surface area contributed by atoms with Crippen LogP contribution in [0.15, 0.2) is 18.2 Å². The van der Waals surface area contributed by atoms with Crippen molar-refractivity contribution < 1.29 is 4.39 Å². The molecule has 0 bridgehead atoms. The summed E-state index contributed by atoms with van der Waals surface area (Å²) in [5.74, 6) is 1.29. The van der Waals surface area contributed by atoms with Gasteiger partial charge in [-0.25, -0.2) is 9.37 Å². The van der Waals surface area contributed by atoms with Crippen LogP contribution in [0.2, 0.25) is 0 Å². The average Bonchev–Trinajstić information content (AvgIpc) is 2.74. The first-order chi connectivity index (χ1) is 9.11. The van der Waals surface area contributed by atoms with Gasteiger partial charge in [0.2, 0.25) is 0 Å². The molecule has 0 saturated heterocycles. The monoisotopic (exact) mass is 278 g/mol. The van der Waals surface area contributed by atoms with Crippen molar-refractivity contribution in [1.29, 1.82) is 0 Å². The average molecular weight is 278 g/mol. The maximum absolute atomic E-state index is 13.2. The first-order valence-corrected chi connectivity index (χ1v) is 7.76. The molecule has 1 aromatic heterocycles. The molecule has 19 heavy (non-hydrogen) atoms. The molecule has 1 aromatic carbocycles. The number of fused-ring (bicyclic) bond motifs is 1. The second kappa shape index (κ2) is 5.08. The zero-order valence-electron chi connectivity index (χ0n) is 11.3. The van der Waals surface area contributed by atoms with Crippen LogP contribution < -0.4 is 5.32 Å². The number of nitrogens with zero attached hydrogens (tertiary/aromatic N) is 1. The summed E-state index contributed by atoms with van der Waals surface area (Å²) in [6, 6.07) is 5.31. The Morgan fingerprint density at radius 2 is 2.16 bits per heavy atom. The predicted molar refractivity (Wildman–Crippen MR) is 79.2 cm³/mol. The van der Waals surface area contributed by atoms with Gasteiger partial charge in [-0.05, 0) is 43.2 Å². The lowest BCUT2D eigenvalue weighted by Crippen LogP contribution is -2.32. The molecule has 1 saturated carbocycles. The van der Waals surface area contributed by atoms with E-state index >= 15 is 0 Å². The highest BCUT2D eigenvalue weighted by Gasteiger charge is 2.25. The first kappa shape index (κ1) is 12.9. The fourth-order valence-electron chi connectivity index (χ4n) is 3.00. The Bertz CT molecular complexity index is 581. The summed E-state index contributed by atoms with van der Waals surface area (Å²) in [6.45, 7) is 4.63. The van der Waals surface area contributed by atoms with Crippen LogP contribution in [0.4, 0.5) is 9.52 Å². The van der Waals surface area contributed by atoms with E-state index < -0.39 is 0 Å². The molecule has 102 valence electrons. The number of hydrogen-bond acceptors (Lipinski definition) is 3. The van der Waals surface area contributed by atoms with Gasteiger partial charge in [0.1, 0.15) is 5.82 Å². The molecule has 1 fully saturated rings. The molecule has 3 atom stereocenters. The van der Waals surface area contributed by atoms with Crippen molar-refractivity contribution in [2.24, 2.45) is 11.8 Å². The molecular formula is C15H19FN2S. The highest BCUT2D eigenvalue weighted by atomic mass is 32.1. The van der Waals surface area contributed by atoms with Crippen LogP contribution in [0, 0.1) is 17.7 Å². The maximum Gasteiger partial charge on any atom is 0.184 e. The molecule has 4 heteroatoms. The second-order valence-corrected chi connectivity index (χ2v) is 6.81. The van der Waals surface area contributed by atoms with E-state index in [0.29, 0.717) is 12.0 Å². The van der Waals surface area contributed by atoms with Crippen LogP contribution in [0.25, 0.3) is 10.2 Å². The Hall–Kier alpha value is -1.16. The van der Waals surface area contributed by atoms with E-state index in [1.54, 1.807) is 17.4 Å². The number of rotatable bonds is 2. The third-order valence-electron chi connectivity index (χ3n) is 4.09. The van der Waals surface area contributed by atoms with E-state index in [2.05, 4.69) is 24.1 Å². The number of hydrogen-bond donors (Lipinski definition) is 1. The fourth-order valence-corrected chi connectivity index (χ4v) is 3.91. The molecule has 0 radical (unpaired) electrons. The zero-order chi connectivity index (χ0) is 13.4. The Labute approximate surface area is 117 Å². The fraction of sp³-hybridized carbons (Fsp3) is 0.533. The standard InChI is InChI=1S/C15H19FN2S/c1-9-3-5-12(10(2)7-9)17-15-18-13-8-11(16)4-6-14(13)19-15/h4,6,8-10,12H,3,5,7H2,1-2H3,(H,17,18). The van der Waals surface area contributed by atoms with Gasteiger partial charge in [0.05, 0.1) is 10.2 Å². The van der Waals surface area contributed by atoms with E-state index in [4.69, 9.17) is 0 Å². The van der Waals surface area contributed by atoms with Crippen molar-refractivity contribution in [3.63, 3.8) is 0 Å². The SMILES string of the molecule is CC1CCC(Nc2nc3cc(F)ccc3s2)C(C)C1. The van der Waals surface area contributed by atoms with Gasteiger partial charge in [0, 0.05) is 12.1 Å². The summed E-state index contributed by atoms with van der Waals surface area (Å²) < 4.78 is 14.2. The van der Waals surface area contributed by atoms with Crippen molar-refractivity contribution in [2.45, 2.75) is 39.2 Å². The molecule has 0 spiro atoms. The molecule has 3 rings (SSSR count). The van der Waals surface area contributed by atoms with Gasteiger partial charge in [0.25, 0.3) is 0 Å². The summed E-state index contributed by atoms with van der Waals surface area (Å²) in [6.07, 6.45) is 3.76. The van der Waals surface area contributed by atoms with Gasteiger partial charge < -0.3 is 5.32 Å². The molecule has 0 amide bonds. The summed E-state index contributed by atoms with van der Waals surface area (Å²) >= 11 is 1.61. The number of nitrogens with one attached hydrogen (secondary N) is 1. The van der Waals surface area contributed by atoms with E-state index in [1.165, 1.54) is 31.4 Å². The maximum atomic E-state index is 13.2. The van der Waals surface area contributed by atoms with E-state index in [9.17, 15) is 4.39 Å². The lowest BCUT2D eigenvalue weighted by atomic mass is 9.80. The molecule has 2 nitrogen and oxygen atoms in total. The summed E-state index contributed by atoms with van der Waals surface area (Å²) in [4.78, 5) is 4.49. The van der Waals surface area contributed by atoms with Crippen molar-refractivity contribution >= 4 is 26.7 Å². The van der Waals surface area contributed by atoms with Crippen LogP contribution in [0.1, 0.15) is 33.1 Å². The van der Waals surface area contributed by atoms with E-state index in [0.717, 1.165) is 21.3 Å². The van der Waals surface area contributed by atoms with Crippen LogP contribution in [0.3, 0.4) is 0 Å². The number of thiazole rings is 1. The van der Waals surface area contributed by atoms with Crippen molar-refractivity contribution in [3.05, 3.63) is 24.0 Å². The molecular weight excluding hydrogens is 259 g/mol. The zero-order valence-corrected chi connectivity index (χ0v) is 12.1. The van der Waals surface area contributed by atoms with Crippen LogP contribution in [0.5, 0.6) is 0 Å². The van der Waals surface area contributed by atoms with Crippen LogP contribution >= 0.6 is 11.3 Å². The highest BCUT2D eigenvalue weighted by Crippen LogP contribution is 2.33. The third-order valence-corrected chi connectivity index (χ3v) is 5.06. The minimum Gasteiger partial charge on any atom is -0.358 e. The quantitative estimate of drug-likeness (QED) is 0.863. The van der Waals surface area contributed by atoms with Gasteiger partial charge in [-0.2, -0.15) is 0 Å². The summed E-state index contributed by atoms with van der Waals surface area (Å²) in [5.41, 5.74) is 0.754. The predicted octanol–water partition coefficient (Wildman–Crippen LogP) is 4.67. The van der Waals surface area contributed by atoms with E-state index in [-0.39, 0.29) is 5.82 Å². The molecule has 2 aromatic rings. The minimum absolute atomic E-state index is 0.218. The highest BCUT2D eigenvalue weighted by molar-refractivity contribution is 7.22. The van der Waals surface area contributed by atoms with Gasteiger partial charge in [-0.1, -0.05) is 25.2 Å². The molecule has 1 aliphatic rings. The van der Waals surface area contributed by atoms with Crippen molar-refractivity contribution in [3.8, 4) is 0 Å². The molecule has 1 N–H and O–H groups in total. The summed E-state index contributed by atoms with van der Waals surface area (Å²) in [5, 5.41) is 4.47. The number of aromatic nitrogens is 1. The Morgan fingerprint density at radius 3 is 2.95 bits per heavy atom. The summed E-state index contributed by atoms with van der Waals surface area (Å²) in [7, 11) is 0. The lowest BCUT2D eigenvalue weighted by molar-refractivity contribution is 0.276. The third kappa shape index (κ3) is 2.73. The Kier molecular flexibility index (Phi) is 3.44. The van der Waals surface area contributed by atoms with Crippen LogP contribution in [-0.4, -0.2) is 11.0 Å². The van der Waals surface area contributed by atoms with Gasteiger partial charge in [-0.3, -0.25) is 0 Å². The Balaban J connectivity index is 1.77. The van der Waals surface area contributed by atoms with Gasteiger partial charge >= 0.3 is 0 Å². The number of benzene rings is 1. The smallest absolute Gasteiger partial charge is 0.184 e.